The topological polar surface area (TPSA) is 35.8 Å². The molecular formula is C10H16N2S. The Kier molecular flexibility index (Phi) is 3.27. The van der Waals surface area contributed by atoms with Gasteiger partial charge < -0.3 is 5.32 Å². The molecule has 0 saturated carbocycles. The second-order valence-corrected chi connectivity index (χ2v) is 5.30. The summed E-state index contributed by atoms with van der Waals surface area (Å²) in [5.74, 6) is 1.95. The number of nitriles is 1. The average molecular weight is 196 g/mol. The third-order valence-corrected chi connectivity index (χ3v) is 2.97. The van der Waals surface area contributed by atoms with Crippen molar-refractivity contribution < 1.29 is 0 Å². The van der Waals surface area contributed by atoms with Crippen LogP contribution in [-0.4, -0.2) is 18.1 Å². The summed E-state index contributed by atoms with van der Waals surface area (Å²) in [6, 6.07) is 2.30. The Bertz CT molecular complexity index is 255. The predicted octanol–water partition coefficient (Wildman–Crippen LogP) is 2.15. The first-order valence-electron chi connectivity index (χ1n) is 4.51. The maximum absolute atomic E-state index is 8.99. The highest BCUT2D eigenvalue weighted by molar-refractivity contribution is 7.99. The van der Waals surface area contributed by atoms with E-state index in [0.717, 1.165) is 29.3 Å². The van der Waals surface area contributed by atoms with Gasteiger partial charge in [0.05, 0.1) is 11.6 Å². The third kappa shape index (κ3) is 2.67. The molecule has 0 aromatic carbocycles. The molecule has 0 fully saturated rings. The SMILES string of the molecule is CC(C)(C)C1=C(C#N)CSCCN1. The second-order valence-electron chi connectivity index (χ2n) is 4.19. The molecule has 0 aliphatic carbocycles. The Labute approximate surface area is 84.4 Å². The largest absolute Gasteiger partial charge is 0.386 e. The van der Waals surface area contributed by atoms with Gasteiger partial charge in [0.15, 0.2) is 0 Å². The van der Waals surface area contributed by atoms with E-state index in [1.165, 1.54) is 0 Å². The van der Waals surface area contributed by atoms with E-state index in [9.17, 15) is 0 Å². The van der Waals surface area contributed by atoms with Gasteiger partial charge in [0.1, 0.15) is 0 Å². The van der Waals surface area contributed by atoms with Crippen LogP contribution in [0, 0.1) is 16.7 Å². The van der Waals surface area contributed by atoms with Gasteiger partial charge >= 0.3 is 0 Å². The molecule has 2 nitrogen and oxygen atoms in total. The minimum absolute atomic E-state index is 0.0654. The van der Waals surface area contributed by atoms with E-state index in [0.29, 0.717) is 0 Å². The third-order valence-electron chi connectivity index (χ3n) is 1.98. The van der Waals surface area contributed by atoms with Gasteiger partial charge in [-0.05, 0) is 0 Å². The van der Waals surface area contributed by atoms with Gasteiger partial charge in [-0.1, -0.05) is 20.8 Å². The van der Waals surface area contributed by atoms with E-state index in [-0.39, 0.29) is 5.41 Å². The highest BCUT2D eigenvalue weighted by Gasteiger charge is 2.22. The van der Waals surface area contributed by atoms with Crippen molar-refractivity contribution in [1.29, 1.82) is 5.26 Å². The van der Waals surface area contributed by atoms with Crippen LogP contribution in [0.25, 0.3) is 0 Å². The summed E-state index contributed by atoms with van der Waals surface area (Å²) in [5, 5.41) is 12.3. The Hall–Kier alpha value is -0.620. The first kappa shape index (κ1) is 10.5. The predicted molar refractivity (Wildman–Crippen MR) is 57.4 cm³/mol. The van der Waals surface area contributed by atoms with Gasteiger partial charge in [0.25, 0.3) is 0 Å². The number of thioether (sulfide) groups is 1. The van der Waals surface area contributed by atoms with Crippen molar-refractivity contribution in [2.75, 3.05) is 18.1 Å². The molecule has 1 rings (SSSR count). The van der Waals surface area contributed by atoms with E-state index >= 15 is 0 Å². The molecule has 0 aromatic rings. The van der Waals surface area contributed by atoms with Crippen molar-refractivity contribution in [2.45, 2.75) is 20.8 Å². The Morgan fingerprint density at radius 1 is 1.46 bits per heavy atom. The zero-order valence-electron chi connectivity index (χ0n) is 8.48. The molecule has 13 heavy (non-hydrogen) atoms. The lowest BCUT2D eigenvalue weighted by Gasteiger charge is -2.24. The van der Waals surface area contributed by atoms with Gasteiger partial charge in [-0.3, -0.25) is 0 Å². The minimum Gasteiger partial charge on any atom is -0.386 e. The molecule has 0 bridgehead atoms. The summed E-state index contributed by atoms with van der Waals surface area (Å²) in [6.07, 6.45) is 0. The first-order chi connectivity index (χ1) is 6.05. The number of hydrogen-bond donors (Lipinski definition) is 1. The number of rotatable bonds is 0. The summed E-state index contributed by atoms with van der Waals surface area (Å²) in [6.45, 7) is 7.40. The summed E-state index contributed by atoms with van der Waals surface area (Å²) in [7, 11) is 0. The smallest absolute Gasteiger partial charge is 0.0974 e. The molecule has 1 heterocycles. The maximum atomic E-state index is 8.99. The maximum Gasteiger partial charge on any atom is 0.0974 e. The van der Waals surface area contributed by atoms with Crippen LogP contribution in [0.3, 0.4) is 0 Å². The number of allylic oxidation sites excluding steroid dienone is 1. The normalized spacial score (nSPS) is 18.9. The highest BCUT2D eigenvalue weighted by atomic mass is 32.2. The van der Waals surface area contributed by atoms with Gasteiger partial charge in [-0.15, -0.1) is 0 Å². The van der Waals surface area contributed by atoms with Crippen molar-refractivity contribution in [1.82, 2.24) is 5.32 Å². The molecule has 0 aromatic heterocycles. The molecule has 0 radical (unpaired) electrons. The second kappa shape index (κ2) is 4.06. The lowest BCUT2D eigenvalue weighted by molar-refractivity contribution is 0.461. The van der Waals surface area contributed by atoms with Crippen LogP contribution < -0.4 is 5.32 Å². The van der Waals surface area contributed by atoms with Gasteiger partial charge in [0.2, 0.25) is 0 Å². The van der Waals surface area contributed by atoms with Gasteiger partial charge in [0, 0.05) is 29.2 Å². The Balaban J connectivity index is 2.98. The van der Waals surface area contributed by atoms with Gasteiger partial charge in [-0.2, -0.15) is 17.0 Å². The van der Waals surface area contributed by atoms with E-state index in [1.54, 1.807) is 0 Å². The molecule has 0 spiro atoms. The highest BCUT2D eigenvalue weighted by Crippen LogP contribution is 2.28. The Morgan fingerprint density at radius 2 is 2.15 bits per heavy atom. The molecular weight excluding hydrogens is 180 g/mol. The van der Waals surface area contributed by atoms with Crippen LogP contribution >= 0.6 is 11.8 Å². The molecule has 0 saturated heterocycles. The summed E-state index contributed by atoms with van der Waals surface area (Å²) in [5.41, 5.74) is 2.10. The summed E-state index contributed by atoms with van der Waals surface area (Å²) >= 11 is 1.83. The lowest BCUT2D eigenvalue weighted by atomic mass is 9.89. The molecule has 0 unspecified atom stereocenters. The molecule has 0 atom stereocenters. The number of nitrogens with zero attached hydrogens (tertiary/aromatic N) is 1. The summed E-state index contributed by atoms with van der Waals surface area (Å²) < 4.78 is 0. The number of nitrogens with one attached hydrogen (secondary N) is 1. The fourth-order valence-electron chi connectivity index (χ4n) is 1.41. The van der Waals surface area contributed by atoms with Crippen LogP contribution in [0.4, 0.5) is 0 Å². The van der Waals surface area contributed by atoms with Crippen LogP contribution in [0.15, 0.2) is 11.3 Å². The van der Waals surface area contributed by atoms with E-state index < -0.39 is 0 Å². The van der Waals surface area contributed by atoms with E-state index in [4.69, 9.17) is 5.26 Å². The van der Waals surface area contributed by atoms with Crippen LogP contribution in [-0.2, 0) is 0 Å². The van der Waals surface area contributed by atoms with Gasteiger partial charge in [-0.25, -0.2) is 0 Å². The zero-order valence-corrected chi connectivity index (χ0v) is 9.29. The molecule has 3 heteroatoms. The van der Waals surface area contributed by atoms with Crippen LogP contribution in [0.2, 0.25) is 0 Å². The lowest BCUT2D eigenvalue weighted by Crippen LogP contribution is -2.26. The fraction of sp³-hybridized carbons (Fsp3) is 0.700. The number of hydrogen-bond acceptors (Lipinski definition) is 3. The van der Waals surface area contributed by atoms with Crippen LogP contribution in [0.5, 0.6) is 0 Å². The van der Waals surface area contributed by atoms with Crippen molar-refractivity contribution in [3.8, 4) is 6.07 Å². The first-order valence-corrected chi connectivity index (χ1v) is 5.66. The van der Waals surface area contributed by atoms with Crippen LogP contribution in [0.1, 0.15) is 20.8 Å². The average Bonchev–Trinajstić information content (AvgIpc) is 2.26. The van der Waals surface area contributed by atoms with E-state index in [1.807, 2.05) is 11.8 Å². The summed E-state index contributed by atoms with van der Waals surface area (Å²) in [4.78, 5) is 0. The zero-order chi connectivity index (χ0) is 9.90. The minimum atomic E-state index is 0.0654. The molecule has 1 aliphatic rings. The molecule has 1 N–H and O–H groups in total. The quantitative estimate of drug-likeness (QED) is 0.645. The van der Waals surface area contributed by atoms with E-state index in [2.05, 4.69) is 32.2 Å². The molecule has 72 valence electrons. The van der Waals surface area contributed by atoms with Crippen molar-refractivity contribution >= 4 is 11.8 Å². The fourth-order valence-corrected chi connectivity index (χ4v) is 2.21. The standard InChI is InChI=1S/C10H16N2S/c1-10(2,3)9-8(6-11)7-13-5-4-12-9/h12H,4-5,7H2,1-3H3. The van der Waals surface area contributed by atoms with Crippen molar-refractivity contribution in [2.24, 2.45) is 5.41 Å². The molecule has 1 aliphatic heterocycles. The van der Waals surface area contributed by atoms with Crippen molar-refractivity contribution in [3.05, 3.63) is 11.3 Å². The Morgan fingerprint density at radius 3 is 2.69 bits per heavy atom. The van der Waals surface area contributed by atoms with Crippen molar-refractivity contribution in [3.63, 3.8) is 0 Å². The monoisotopic (exact) mass is 196 g/mol. The molecule has 0 amide bonds.